The number of nitro benzene ring substituents is 1. The third kappa shape index (κ3) is 3.61. The van der Waals surface area contributed by atoms with Crippen molar-refractivity contribution in [2.45, 2.75) is 6.61 Å². The van der Waals surface area contributed by atoms with E-state index in [1.807, 2.05) is 0 Å². The van der Waals surface area contributed by atoms with Crippen LogP contribution in [0.15, 0.2) is 45.7 Å². The lowest BCUT2D eigenvalue weighted by Gasteiger charge is -2.02. The standard InChI is InChI=1S/C15H11N5O6/c1-19-13(21)7-6-11(17-19)15(22)25-8-12-16-14(18-26-12)9-2-4-10(5-3-9)20(23)24/h2-7H,8H2,1H3. The number of hydrogen-bond donors (Lipinski definition) is 0. The van der Waals surface area contributed by atoms with E-state index in [1.165, 1.54) is 43.4 Å². The van der Waals surface area contributed by atoms with E-state index in [4.69, 9.17) is 9.26 Å². The Morgan fingerprint density at radius 3 is 2.65 bits per heavy atom. The Balaban J connectivity index is 1.66. The number of benzene rings is 1. The number of nitrogens with zero attached hydrogens (tertiary/aromatic N) is 5. The Bertz CT molecular complexity index is 1020. The summed E-state index contributed by atoms with van der Waals surface area (Å²) in [5.41, 5.74) is 0.0567. The van der Waals surface area contributed by atoms with Gasteiger partial charge in [-0.25, -0.2) is 9.48 Å². The molecule has 2 heterocycles. The van der Waals surface area contributed by atoms with Crippen LogP contribution in [-0.2, 0) is 18.4 Å². The quantitative estimate of drug-likeness (QED) is 0.372. The van der Waals surface area contributed by atoms with Crippen molar-refractivity contribution in [1.82, 2.24) is 19.9 Å². The fourth-order valence-corrected chi connectivity index (χ4v) is 1.98. The predicted octanol–water partition coefficient (Wildman–Crippen LogP) is 1.10. The summed E-state index contributed by atoms with van der Waals surface area (Å²) >= 11 is 0. The molecule has 0 aliphatic heterocycles. The van der Waals surface area contributed by atoms with Crippen molar-refractivity contribution in [3.8, 4) is 11.4 Å². The van der Waals surface area contributed by atoms with Crippen LogP contribution in [0.2, 0.25) is 0 Å². The SMILES string of the molecule is Cn1nc(C(=O)OCc2nc(-c3ccc([N+](=O)[O-])cc3)no2)ccc1=O. The van der Waals surface area contributed by atoms with Crippen LogP contribution in [-0.4, -0.2) is 30.8 Å². The predicted molar refractivity (Wildman–Crippen MR) is 85.0 cm³/mol. The summed E-state index contributed by atoms with van der Waals surface area (Å²) in [5, 5.41) is 18.1. The lowest BCUT2D eigenvalue weighted by Crippen LogP contribution is -2.21. The minimum absolute atomic E-state index is 0.0384. The van der Waals surface area contributed by atoms with Gasteiger partial charge in [0.15, 0.2) is 12.3 Å². The minimum atomic E-state index is -0.754. The number of non-ortho nitro benzene ring substituents is 1. The Hall–Kier alpha value is -3.89. The molecule has 11 heteroatoms. The summed E-state index contributed by atoms with van der Waals surface area (Å²) in [4.78, 5) is 37.3. The van der Waals surface area contributed by atoms with Crippen LogP contribution in [0.1, 0.15) is 16.4 Å². The number of nitro groups is 1. The van der Waals surface area contributed by atoms with E-state index in [0.29, 0.717) is 5.56 Å². The molecule has 0 fully saturated rings. The zero-order valence-corrected chi connectivity index (χ0v) is 13.4. The monoisotopic (exact) mass is 357 g/mol. The highest BCUT2D eigenvalue weighted by Crippen LogP contribution is 2.20. The van der Waals surface area contributed by atoms with E-state index in [9.17, 15) is 19.7 Å². The summed E-state index contributed by atoms with van der Waals surface area (Å²) < 4.78 is 11.0. The molecule has 0 saturated carbocycles. The Kier molecular flexibility index (Phi) is 4.51. The van der Waals surface area contributed by atoms with Crippen LogP contribution < -0.4 is 5.56 Å². The largest absolute Gasteiger partial charge is 0.451 e. The molecule has 0 bridgehead atoms. The Morgan fingerprint density at radius 1 is 1.27 bits per heavy atom. The fourth-order valence-electron chi connectivity index (χ4n) is 1.98. The number of aryl methyl sites for hydroxylation is 1. The van der Waals surface area contributed by atoms with Gasteiger partial charge in [-0.2, -0.15) is 10.1 Å². The number of rotatable bonds is 5. The Morgan fingerprint density at radius 2 is 2.00 bits per heavy atom. The molecule has 2 aromatic heterocycles. The molecule has 0 amide bonds. The number of aromatic nitrogens is 4. The molecule has 0 N–H and O–H groups in total. The lowest BCUT2D eigenvalue weighted by atomic mass is 10.2. The molecule has 0 unspecified atom stereocenters. The van der Waals surface area contributed by atoms with Gasteiger partial charge in [-0.05, 0) is 18.2 Å². The van der Waals surface area contributed by atoms with Crippen LogP contribution in [0.25, 0.3) is 11.4 Å². The average Bonchev–Trinajstić information content (AvgIpc) is 3.11. The molecule has 0 saturated heterocycles. The highest BCUT2D eigenvalue weighted by atomic mass is 16.6. The normalized spacial score (nSPS) is 10.5. The first kappa shape index (κ1) is 17.0. The van der Waals surface area contributed by atoms with Crippen LogP contribution in [0.3, 0.4) is 0 Å². The van der Waals surface area contributed by atoms with Gasteiger partial charge >= 0.3 is 5.97 Å². The first-order valence-electron chi connectivity index (χ1n) is 7.23. The van der Waals surface area contributed by atoms with Gasteiger partial charge in [0.1, 0.15) is 0 Å². The van der Waals surface area contributed by atoms with Crippen LogP contribution in [0.4, 0.5) is 5.69 Å². The van der Waals surface area contributed by atoms with Crippen molar-refractivity contribution in [1.29, 1.82) is 0 Å². The zero-order chi connectivity index (χ0) is 18.7. The van der Waals surface area contributed by atoms with Crippen LogP contribution >= 0.6 is 0 Å². The summed E-state index contributed by atoms with van der Waals surface area (Å²) in [6, 6.07) is 8.04. The second-order valence-electron chi connectivity index (χ2n) is 5.07. The molecular weight excluding hydrogens is 346 g/mol. The minimum Gasteiger partial charge on any atom is -0.451 e. The van der Waals surface area contributed by atoms with E-state index in [-0.39, 0.29) is 35.3 Å². The molecule has 132 valence electrons. The van der Waals surface area contributed by atoms with E-state index < -0.39 is 10.9 Å². The van der Waals surface area contributed by atoms with Gasteiger partial charge in [-0.3, -0.25) is 14.9 Å². The van der Waals surface area contributed by atoms with Gasteiger partial charge in [-0.15, -0.1) is 0 Å². The molecule has 0 radical (unpaired) electrons. The van der Waals surface area contributed by atoms with E-state index in [1.54, 1.807) is 0 Å². The summed E-state index contributed by atoms with van der Waals surface area (Å²) in [6.45, 7) is -0.288. The molecule has 3 rings (SSSR count). The van der Waals surface area contributed by atoms with Gasteiger partial charge in [0, 0.05) is 30.8 Å². The maximum Gasteiger partial charge on any atom is 0.359 e. The summed E-state index contributed by atoms with van der Waals surface area (Å²) in [7, 11) is 1.41. The third-order valence-corrected chi connectivity index (χ3v) is 3.30. The second-order valence-corrected chi connectivity index (χ2v) is 5.07. The van der Waals surface area contributed by atoms with E-state index >= 15 is 0 Å². The first-order chi connectivity index (χ1) is 12.4. The van der Waals surface area contributed by atoms with Crippen molar-refractivity contribution in [2.24, 2.45) is 7.05 Å². The third-order valence-electron chi connectivity index (χ3n) is 3.30. The molecule has 26 heavy (non-hydrogen) atoms. The zero-order valence-electron chi connectivity index (χ0n) is 13.4. The van der Waals surface area contributed by atoms with Crippen LogP contribution in [0.5, 0.6) is 0 Å². The van der Waals surface area contributed by atoms with Crippen molar-refractivity contribution in [2.75, 3.05) is 0 Å². The highest BCUT2D eigenvalue weighted by molar-refractivity contribution is 5.86. The van der Waals surface area contributed by atoms with Crippen molar-refractivity contribution < 1.29 is 19.0 Å². The number of carbonyl (C=O) groups excluding carboxylic acids is 1. The fraction of sp³-hybridized carbons (Fsp3) is 0.133. The van der Waals surface area contributed by atoms with Crippen molar-refractivity contribution in [3.63, 3.8) is 0 Å². The van der Waals surface area contributed by atoms with Gasteiger partial charge < -0.3 is 9.26 Å². The number of ether oxygens (including phenoxy) is 1. The number of esters is 1. The van der Waals surface area contributed by atoms with E-state index in [0.717, 1.165) is 4.68 Å². The molecular formula is C15H11N5O6. The highest BCUT2D eigenvalue weighted by Gasteiger charge is 2.15. The number of hydrogen-bond acceptors (Lipinski definition) is 9. The van der Waals surface area contributed by atoms with Crippen LogP contribution in [0, 0.1) is 10.1 Å². The topological polar surface area (TPSA) is 143 Å². The molecule has 0 aliphatic rings. The molecule has 11 nitrogen and oxygen atoms in total. The first-order valence-corrected chi connectivity index (χ1v) is 7.23. The summed E-state index contributed by atoms with van der Waals surface area (Å²) in [6.07, 6.45) is 0. The van der Waals surface area contributed by atoms with Gasteiger partial charge in [-0.1, -0.05) is 5.16 Å². The molecule has 1 aromatic carbocycles. The smallest absolute Gasteiger partial charge is 0.359 e. The van der Waals surface area contributed by atoms with Gasteiger partial charge in [0.2, 0.25) is 5.82 Å². The lowest BCUT2D eigenvalue weighted by molar-refractivity contribution is -0.384. The van der Waals surface area contributed by atoms with Crippen molar-refractivity contribution >= 4 is 11.7 Å². The molecule has 0 spiro atoms. The average molecular weight is 357 g/mol. The second kappa shape index (κ2) is 6.93. The van der Waals surface area contributed by atoms with Gasteiger partial charge in [0.25, 0.3) is 17.1 Å². The molecule has 0 atom stereocenters. The molecule has 3 aromatic rings. The van der Waals surface area contributed by atoms with Gasteiger partial charge in [0.05, 0.1) is 4.92 Å². The Labute approximate surface area is 145 Å². The van der Waals surface area contributed by atoms with Crippen molar-refractivity contribution in [3.05, 3.63) is 68.5 Å². The number of carbonyl (C=O) groups is 1. The summed E-state index contributed by atoms with van der Waals surface area (Å²) in [5.74, 6) is -0.515. The maximum absolute atomic E-state index is 11.9. The van der Waals surface area contributed by atoms with E-state index in [2.05, 4.69) is 15.2 Å². The maximum atomic E-state index is 11.9. The molecule has 0 aliphatic carbocycles.